The number of halogens is 5. The van der Waals surface area contributed by atoms with E-state index < -0.39 is 11.9 Å². The summed E-state index contributed by atoms with van der Waals surface area (Å²) in [6.07, 6.45) is 0. The van der Waals surface area contributed by atoms with Crippen LogP contribution < -0.4 is 10.6 Å². The number of carboxylic acids is 1. The summed E-state index contributed by atoms with van der Waals surface area (Å²) in [5.74, 6) is -1.86. The molecule has 0 aliphatic carbocycles. The lowest BCUT2D eigenvalue weighted by Gasteiger charge is -2.14. The first-order chi connectivity index (χ1) is 17.5. The quantitative estimate of drug-likeness (QED) is 0.0980. The Bertz CT molecular complexity index is 1560. The van der Waals surface area contributed by atoms with Crippen molar-refractivity contribution >= 4 is 138 Å². The molecule has 0 aliphatic rings. The molecule has 1 aromatic heterocycles. The van der Waals surface area contributed by atoms with Gasteiger partial charge in [-0.05, 0) is 106 Å². The fourth-order valence-electron chi connectivity index (χ4n) is 3.14. The predicted molar refractivity (Wildman–Crippen MR) is 163 cm³/mol. The second kappa shape index (κ2) is 12.1. The molecule has 0 atom stereocenters. The predicted octanol–water partition coefficient (Wildman–Crippen LogP) is 8.68. The van der Waals surface area contributed by atoms with Gasteiger partial charge in [-0.25, -0.2) is 9.78 Å². The molecule has 0 saturated carbocycles. The molecule has 0 aliphatic heterocycles. The monoisotopic (exact) mass is 809 g/mol. The lowest BCUT2D eigenvalue weighted by molar-refractivity contribution is -0.113. The molecule has 4 rings (SSSR count). The fourth-order valence-corrected chi connectivity index (χ4v) is 7.64. The maximum atomic E-state index is 13.1. The Balaban J connectivity index is 1.49. The number of thiazole rings is 1. The Morgan fingerprint density at radius 2 is 1.51 bits per heavy atom. The lowest BCUT2D eigenvalue weighted by Crippen LogP contribution is -2.18. The van der Waals surface area contributed by atoms with Crippen molar-refractivity contribution in [1.29, 1.82) is 0 Å². The molecule has 0 unspecified atom stereocenters. The first-order valence-corrected chi connectivity index (χ1v) is 15.4. The summed E-state index contributed by atoms with van der Waals surface area (Å²) in [6.45, 7) is 0. The SMILES string of the molecule is O=C(CSc1nc2ccc(NC(=O)c3c(Br)c(Br)c(Br)c(Br)c3C(=O)O)cc2s1)Nc1ccc(Cl)cc1. The molecule has 3 N–H and O–H groups in total. The minimum Gasteiger partial charge on any atom is -0.478 e. The van der Waals surface area contributed by atoms with Gasteiger partial charge in [-0.3, -0.25) is 9.59 Å². The summed E-state index contributed by atoms with van der Waals surface area (Å²) >= 11 is 21.8. The maximum Gasteiger partial charge on any atom is 0.337 e. The Morgan fingerprint density at radius 3 is 2.16 bits per heavy atom. The molecule has 2 amide bonds. The molecule has 0 bridgehead atoms. The van der Waals surface area contributed by atoms with Gasteiger partial charge >= 0.3 is 5.97 Å². The molecular weight excluding hydrogens is 801 g/mol. The molecule has 7 nitrogen and oxygen atoms in total. The zero-order valence-electron chi connectivity index (χ0n) is 18.1. The topological polar surface area (TPSA) is 108 Å². The van der Waals surface area contributed by atoms with Gasteiger partial charge in [-0.1, -0.05) is 23.4 Å². The third-order valence-electron chi connectivity index (χ3n) is 4.79. The maximum absolute atomic E-state index is 13.1. The highest BCUT2D eigenvalue weighted by Crippen LogP contribution is 2.42. The van der Waals surface area contributed by atoms with Crippen LogP contribution in [0.15, 0.2) is 64.7 Å². The summed E-state index contributed by atoms with van der Waals surface area (Å²) in [4.78, 5) is 41.9. The van der Waals surface area contributed by atoms with E-state index in [9.17, 15) is 19.5 Å². The van der Waals surface area contributed by atoms with Crippen molar-refractivity contribution in [3.05, 3.63) is 76.5 Å². The smallest absolute Gasteiger partial charge is 0.337 e. The van der Waals surface area contributed by atoms with E-state index in [4.69, 9.17) is 11.6 Å². The van der Waals surface area contributed by atoms with Crippen molar-refractivity contribution in [1.82, 2.24) is 4.98 Å². The van der Waals surface area contributed by atoms with Crippen molar-refractivity contribution in [3.63, 3.8) is 0 Å². The number of nitrogens with zero attached hydrogens (tertiary/aromatic N) is 1. The molecule has 14 heteroatoms. The summed E-state index contributed by atoms with van der Waals surface area (Å²) in [7, 11) is 0. The second-order valence-corrected chi connectivity index (χ2v) is 13.1. The van der Waals surface area contributed by atoms with Crippen molar-refractivity contribution < 1.29 is 19.5 Å². The molecule has 3 aromatic carbocycles. The number of thioether (sulfide) groups is 1. The van der Waals surface area contributed by atoms with Gasteiger partial charge in [-0.15, -0.1) is 11.3 Å². The van der Waals surface area contributed by atoms with Gasteiger partial charge in [-0.2, -0.15) is 0 Å². The molecule has 0 fully saturated rings. The van der Waals surface area contributed by atoms with Gasteiger partial charge in [0.05, 0.1) is 27.1 Å². The number of aromatic nitrogens is 1. The van der Waals surface area contributed by atoms with E-state index in [-0.39, 0.29) is 27.3 Å². The van der Waals surface area contributed by atoms with Crippen LogP contribution in [0.25, 0.3) is 10.2 Å². The van der Waals surface area contributed by atoms with E-state index in [1.807, 2.05) is 0 Å². The third kappa shape index (κ3) is 6.57. The van der Waals surface area contributed by atoms with Crippen LogP contribution in [-0.2, 0) is 4.79 Å². The van der Waals surface area contributed by atoms with Crippen molar-refractivity contribution in [2.75, 3.05) is 16.4 Å². The van der Waals surface area contributed by atoms with E-state index >= 15 is 0 Å². The number of anilines is 2. The van der Waals surface area contributed by atoms with Gasteiger partial charge in [0.2, 0.25) is 5.91 Å². The lowest BCUT2D eigenvalue weighted by atomic mass is 10.1. The highest BCUT2D eigenvalue weighted by Gasteiger charge is 2.28. The Kier molecular flexibility index (Phi) is 9.36. The number of fused-ring (bicyclic) bond motifs is 1. The average molecular weight is 814 g/mol. The van der Waals surface area contributed by atoms with Crippen LogP contribution in [0, 0.1) is 0 Å². The molecular formula is C23H12Br4ClN3O4S2. The normalized spacial score (nSPS) is 10.9. The van der Waals surface area contributed by atoms with Gasteiger partial charge in [0.15, 0.2) is 4.34 Å². The number of benzene rings is 3. The molecule has 190 valence electrons. The van der Waals surface area contributed by atoms with E-state index in [1.54, 1.807) is 42.5 Å². The first kappa shape index (κ1) is 28.5. The van der Waals surface area contributed by atoms with Crippen molar-refractivity contribution in [2.24, 2.45) is 0 Å². The van der Waals surface area contributed by atoms with Crippen LogP contribution in [0.4, 0.5) is 11.4 Å². The summed E-state index contributed by atoms with van der Waals surface area (Å²) in [6, 6.07) is 12.0. The van der Waals surface area contributed by atoms with Gasteiger partial charge in [0.1, 0.15) is 0 Å². The molecule has 37 heavy (non-hydrogen) atoms. The fraction of sp³-hybridized carbons (Fsp3) is 0.0435. The van der Waals surface area contributed by atoms with Gasteiger partial charge < -0.3 is 15.7 Å². The van der Waals surface area contributed by atoms with Crippen LogP contribution in [-0.4, -0.2) is 33.6 Å². The van der Waals surface area contributed by atoms with Gasteiger partial charge in [0, 0.05) is 34.3 Å². The number of carboxylic acid groups (broad SMARTS) is 1. The highest BCUT2D eigenvalue weighted by atomic mass is 79.9. The minimum atomic E-state index is -1.26. The number of carbonyl (C=O) groups is 3. The van der Waals surface area contributed by atoms with Crippen LogP contribution in [0.3, 0.4) is 0 Å². The Labute approximate surface area is 257 Å². The van der Waals surface area contributed by atoms with E-state index in [1.165, 1.54) is 23.1 Å². The van der Waals surface area contributed by atoms with Crippen molar-refractivity contribution in [3.8, 4) is 0 Å². The molecule has 1 heterocycles. The second-order valence-electron chi connectivity index (χ2n) is 7.27. The Morgan fingerprint density at radius 1 is 0.892 bits per heavy atom. The summed E-state index contributed by atoms with van der Waals surface area (Å²) < 4.78 is 2.99. The summed E-state index contributed by atoms with van der Waals surface area (Å²) in [5, 5.41) is 15.9. The van der Waals surface area contributed by atoms with E-state index in [2.05, 4.69) is 79.3 Å². The van der Waals surface area contributed by atoms with Crippen LogP contribution in [0.1, 0.15) is 20.7 Å². The number of carbonyl (C=O) groups excluding carboxylic acids is 2. The highest BCUT2D eigenvalue weighted by molar-refractivity contribution is 9.15. The molecule has 0 radical (unpaired) electrons. The van der Waals surface area contributed by atoms with Gasteiger partial charge in [0.25, 0.3) is 5.91 Å². The zero-order valence-corrected chi connectivity index (χ0v) is 26.8. The number of nitrogens with one attached hydrogen (secondary N) is 2. The largest absolute Gasteiger partial charge is 0.478 e. The number of rotatable bonds is 7. The number of aromatic carboxylic acids is 1. The van der Waals surface area contributed by atoms with E-state index in [0.29, 0.717) is 39.7 Å². The van der Waals surface area contributed by atoms with Crippen LogP contribution in [0.2, 0.25) is 5.02 Å². The number of amides is 2. The van der Waals surface area contributed by atoms with Crippen molar-refractivity contribution in [2.45, 2.75) is 4.34 Å². The average Bonchev–Trinajstić information content (AvgIpc) is 3.27. The van der Waals surface area contributed by atoms with Crippen LogP contribution in [0.5, 0.6) is 0 Å². The third-order valence-corrected chi connectivity index (χ3v) is 12.0. The molecule has 4 aromatic rings. The number of hydrogen-bond acceptors (Lipinski definition) is 6. The number of hydrogen-bond donors (Lipinski definition) is 3. The standard InChI is InChI=1S/C23H12Br4ClN3O4S2/c24-17-15(16(22(34)35)18(25)20(27)19(17)26)21(33)30-11-5-6-12-13(7-11)37-23(31-12)36-8-14(32)29-10-3-1-9(28)2-4-10/h1-7H,8H2,(H,29,32)(H,30,33)(H,34,35). The van der Waals surface area contributed by atoms with Crippen LogP contribution >= 0.6 is 98.4 Å². The summed E-state index contributed by atoms with van der Waals surface area (Å²) in [5.41, 5.74) is 1.61. The Hall–Kier alpha value is -1.48. The molecule has 0 spiro atoms. The minimum absolute atomic E-state index is 0.0400. The first-order valence-electron chi connectivity index (χ1n) is 10.0. The molecule has 0 saturated heterocycles. The van der Waals surface area contributed by atoms with E-state index in [0.717, 1.165) is 4.70 Å². The zero-order chi connectivity index (χ0) is 26.9.